The van der Waals surface area contributed by atoms with Gasteiger partial charge in [-0.3, -0.25) is 9.59 Å². The predicted molar refractivity (Wildman–Crippen MR) is 186 cm³/mol. The molecule has 0 spiro atoms. The van der Waals surface area contributed by atoms with Gasteiger partial charge in [0.25, 0.3) is 0 Å². The monoisotopic (exact) mass is 644 g/mol. The highest BCUT2D eigenvalue weighted by molar-refractivity contribution is 5.84. The van der Waals surface area contributed by atoms with Gasteiger partial charge in [0.1, 0.15) is 11.6 Å². The van der Waals surface area contributed by atoms with Crippen molar-refractivity contribution < 1.29 is 9.59 Å². The van der Waals surface area contributed by atoms with E-state index in [0.29, 0.717) is 30.5 Å². The second-order valence-corrected chi connectivity index (χ2v) is 14.1. The van der Waals surface area contributed by atoms with E-state index in [1.54, 1.807) is 0 Å². The lowest BCUT2D eigenvalue weighted by atomic mass is 10.1. The Bertz CT molecular complexity index is 1920. The van der Waals surface area contributed by atoms with Crippen LogP contribution in [0.25, 0.3) is 44.8 Å². The fourth-order valence-corrected chi connectivity index (χ4v) is 7.08. The molecular formula is C38H44N8O2. The van der Waals surface area contributed by atoms with Crippen LogP contribution in [0.15, 0.2) is 61.1 Å². The van der Waals surface area contributed by atoms with Crippen molar-refractivity contribution in [2.45, 2.75) is 78.3 Å². The maximum Gasteiger partial charge on any atom is 0.223 e. The van der Waals surface area contributed by atoms with E-state index in [-0.39, 0.29) is 23.9 Å². The molecule has 0 saturated carbocycles. The number of fused-ring (bicyclic) bond motifs is 1. The number of hydrogen-bond acceptors (Lipinski definition) is 6. The van der Waals surface area contributed by atoms with E-state index in [1.165, 1.54) is 0 Å². The number of carbonyl (C=O) groups excluding carboxylic acids is 2. The molecule has 48 heavy (non-hydrogen) atoms. The van der Waals surface area contributed by atoms with Crippen LogP contribution in [0.2, 0.25) is 0 Å². The molecule has 2 aliphatic rings. The van der Waals surface area contributed by atoms with Crippen LogP contribution >= 0.6 is 0 Å². The van der Waals surface area contributed by atoms with Crippen molar-refractivity contribution in [3.8, 4) is 33.9 Å². The smallest absolute Gasteiger partial charge is 0.223 e. The van der Waals surface area contributed by atoms with Crippen LogP contribution in [-0.4, -0.2) is 64.6 Å². The Morgan fingerprint density at radius 3 is 1.79 bits per heavy atom. The number of aromatic nitrogens is 6. The number of hydrogen-bond donors (Lipinski definition) is 2. The summed E-state index contributed by atoms with van der Waals surface area (Å²) in [5, 5.41) is 0.941. The fraction of sp³-hybridized carbons (Fsp3) is 0.421. The van der Waals surface area contributed by atoms with Crippen LogP contribution in [-0.2, 0) is 9.59 Å². The van der Waals surface area contributed by atoms with Crippen LogP contribution in [0, 0.1) is 11.8 Å². The van der Waals surface area contributed by atoms with Gasteiger partial charge in [-0.05, 0) is 55.2 Å². The highest BCUT2D eigenvalue weighted by Gasteiger charge is 2.33. The number of aromatic amines is 2. The molecule has 0 bridgehead atoms. The van der Waals surface area contributed by atoms with E-state index in [2.05, 4.69) is 65.8 Å². The topological polar surface area (TPSA) is 124 Å². The lowest BCUT2D eigenvalue weighted by Gasteiger charge is -2.24. The van der Waals surface area contributed by atoms with Crippen LogP contribution < -0.4 is 0 Å². The standard InChI is InChI=1S/C38H44N8O2/c1-23(2)17-34(47)45-15-5-7-32(45)37-40-21-30(43-37)25-9-11-26(12-10-25)36-39-20-28-19-27(13-14-29(28)42-36)31-22-41-38(44-31)33-8-6-16-46(33)35(48)18-24(3)4/h9-14,19-24,32-33H,5-8,15-18H2,1-4H3,(H,40,43)(H,41,44)/t32-,33-/m0/s1. The van der Waals surface area contributed by atoms with Crippen LogP contribution in [0.1, 0.15) is 90.0 Å². The van der Waals surface area contributed by atoms with E-state index in [1.807, 2.05) is 52.7 Å². The van der Waals surface area contributed by atoms with E-state index >= 15 is 0 Å². The molecule has 5 heterocycles. The summed E-state index contributed by atoms with van der Waals surface area (Å²) in [6, 6.07) is 14.3. The molecule has 3 aromatic heterocycles. The summed E-state index contributed by atoms with van der Waals surface area (Å²) in [5.41, 5.74) is 5.65. The van der Waals surface area contributed by atoms with Gasteiger partial charge in [0.2, 0.25) is 11.8 Å². The molecule has 2 N–H and O–H groups in total. The first-order chi connectivity index (χ1) is 23.2. The molecule has 2 aliphatic heterocycles. The number of H-pyrrole nitrogens is 2. The Morgan fingerprint density at radius 1 is 0.708 bits per heavy atom. The third-order valence-corrected chi connectivity index (χ3v) is 9.48. The minimum atomic E-state index is 0.000878. The molecule has 0 unspecified atom stereocenters. The van der Waals surface area contributed by atoms with E-state index in [9.17, 15) is 9.59 Å². The number of rotatable bonds is 9. The molecule has 2 aromatic carbocycles. The van der Waals surface area contributed by atoms with Gasteiger partial charge in [0.05, 0.1) is 41.4 Å². The molecule has 7 rings (SSSR count). The molecule has 248 valence electrons. The number of likely N-dealkylation sites (tertiary alicyclic amines) is 2. The summed E-state index contributed by atoms with van der Waals surface area (Å²) in [4.78, 5) is 55.5. The normalized spacial score (nSPS) is 18.1. The van der Waals surface area contributed by atoms with Crippen molar-refractivity contribution in [3.63, 3.8) is 0 Å². The van der Waals surface area contributed by atoms with Gasteiger partial charge in [-0.1, -0.05) is 58.0 Å². The Labute approximate surface area is 281 Å². The van der Waals surface area contributed by atoms with E-state index < -0.39 is 0 Å². The second kappa shape index (κ2) is 13.3. The van der Waals surface area contributed by atoms with Gasteiger partial charge < -0.3 is 19.8 Å². The van der Waals surface area contributed by atoms with Crippen molar-refractivity contribution in [2.24, 2.45) is 11.8 Å². The quantitative estimate of drug-likeness (QED) is 0.171. The highest BCUT2D eigenvalue weighted by Crippen LogP contribution is 2.34. The largest absolute Gasteiger partial charge is 0.340 e. The Kier molecular flexibility index (Phi) is 8.81. The molecule has 2 atom stereocenters. The summed E-state index contributed by atoms with van der Waals surface area (Å²) < 4.78 is 0. The highest BCUT2D eigenvalue weighted by atomic mass is 16.2. The van der Waals surface area contributed by atoms with Crippen molar-refractivity contribution in [3.05, 3.63) is 72.7 Å². The molecular weight excluding hydrogens is 600 g/mol. The van der Waals surface area contributed by atoms with Gasteiger partial charge in [-0.2, -0.15) is 0 Å². The van der Waals surface area contributed by atoms with Crippen LogP contribution in [0.4, 0.5) is 0 Å². The number of amides is 2. The Balaban J connectivity index is 1.04. The van der Waals surface area contributed by atoms with E-state index in [0.717, 1.165) is 89.4 Å². The number of benzene rings is 2. The lowest BCUT2D eigenvalue weighted by molar-refractivity contribution is -0.133. The zero-order valence-electron chi connectivity index (χ0n) is 28.2. The number of nitrogens with one attached hydrogen (secondary N) is 2. The SMILES string of the molecule is CC(C)CC(=O)N1CCC[C@H]1c1ncc(-c2ccc(-c3ncc4cc(-c5cnc([C@@H]6CCCN6C(=O)CC(C)C)[nH]5)ccc4n3)cc2)[nH]1. The zero-order valence-corrected chi connectivity index (χ0v) is 28.2. The third kappa shape index (κ3) is 6.48. The molecule has 10 heteroatoms. The summed E-state index contributed by atoms with van der Waals surface area (Å²) in [5.74, 6) is 3.45. The summed E-state index contributed by atoms with van der Waals surface area (Å²) in [7, 11) is 0. The van der Waals surface area contributed by atoms with Crippen molar-refractivity contribution in [1.29, 1.82) is 0 Å². The van der Waals surface area contributed by atoms with E-state index in [4.69, 9.17) is 9.97 Å². The molecule has 10 nitrogen and oxygen atoms in total. The van der Waals surface area contributed by atoms with Gasteiger partial charge in [-0.15, -0.1) is 0 Å². The first kappa shape index (κ1) is 31.7. The average Bonchev–Trinajstić information content (AvgIpc) is 3.89. The first-order valence-electron chi connectivity index (χ1n) is 17.3. The fourth-order valence-electron chi connectivity index (χ4n) is 7.08. The third-order valence-electron chi connectivity index (χ3n) is 9.48. The van der Waals surface area contributed by atoms with Crippen molar-refractivity contribution in [2.75, 3.05) is 13.1 Å². The van der Waals surface area contributed by atoms with Gasteiger partial charge in [0.15, 0.2) is 5.82 Å². The minimum absolute atomic E-state index is 0.000878. The summed E-state index contributed by atoms with van der Waals surface area (Å²) in [6.45, 7) is 9.90. The molecule has 0 radical (unpaired) electrons. The number of nitrogens with zero attached hydrogens (tertiary/aromatic N) is 6. The second-order valence-electron chi connectivity index (χ2n) is 14.1. The molecule has 5 aromatic rings. The first-order valence-corrected chi connectivity index (χ1v) is 17.3. The van der Waals surface area contributed by atoms with Gasteiger partial charge >= 0.3 is 0 Å². The Hall–Kier alpha value is -4.86. The predicted octanol–water partition coefficient (Wildman–Crippen LogP) is 7.50. The number of carbonyl (C=O) groups is 2. The maximum atomic E-state index is 12.8. The molecule has 0 aliphatic carbocycles. The molecule has 2 amide bonds. The maximum absolute atomic E-state index is 12.8. The van der Waals surface area contributed by atoms with Crippen molar-refractivity contribution in [1.82, 2.24) is 39.7 Å². The summed E-state index contributed by atoms with van der Waals surface area (Å²) in [6.07, 6.45) is 10.6. The van der Waals surface area contributed by atoms with Crippen LogP contribution in [0.5, 0.6) is 0 Å². The minimum Gasteiger partial charge on any atom is -0.340 e. The number of imidazole rings is 2. The molecule has 2 saturated heterocycles. The van der Waals surface area contributed by atoms with Gasteiger partial charge in [-0.25, -0.2) is 19.9 Å². The summed E-state index contributed by atoms with van der Waals surface area (Å²) >= 11 is 0. The average molecular weight is 645 g/mol. The zero-order chi connectivity index (χ0) is 33.4. The van der Waals surface area contributed by atoms with Crippen molar-refractivity contribution >= 4 is 22.7 Å². The Morgan fingerprint density at radius 2 is 1.23 bits per heavy atom. The van der Waals surface area contributed by atoms with Gasteiger partial charge in [0, 0.05) is 48.6 Å². The van der Waals surface area contributed by atoms with Crippen LogP contribution in [0.3, 0.4) is 0 Å². The lowest BCUT2D eigenvalue weighted by Crippen LogP contribution is -2.31. The molecule has 2 fully saturated rings.